The van der Waals surface area contributed by atoms with Crippen molar-refractivity contribution in [3.8, 4) is 0 Å². The number of hydrogen-bond donors (Lipinski definition) is 0. The number of alkyl halides is 1. The van der Waals surface area contributed by atoms with Gasteiger partial charge in [-0.15, -0.1) is 0 Å². The van der Waals surface area contributed by atoms with E-state index in [-0.39, 0.29) is 12.4 Å². The Morgan fingerprint density at radius 3 is 1.74 bits per heavy atom. The SMILES string of the molecule is CCCCCCCCCCCOS(=O)(=O)CCCCCCCF. The minimum atomic E-state index is -3.36. The summed E-state index contributed by atoms with van der Waals surface area (Å²) >= 11 is 0. The second kappa shape index (κ2) is 16.7. The van der Waals surface area contributed by atoms with Crippen molar-refractivity contribution < 1.29 is 17.0 Å². The maximum absolute atomic E-state index is 11.9. The highest BCUT2D eigenvalue weighted by Crippen LogP contribution is 2.10. The molecule has 0 bridgehead atoms. The number of hydrogen-bond acceptors (Lipinski definition) is 3. The molecule has 0 fully saturated rings. The van der Waals surface area contributed by atoms with Crippen LogP contribution in [0.25, 0.3) is 0 Å². The Morgan fingerprint density at radius 2 is 1.17 bits per heavy atom. The first-order chi connectivity index (χ1) is 11.1. The summed E-state index contributed by atoms with van der Waals surface area (Å²) in [5.41, 5.74) is 0. The molecule has 0 aliphatic rings. The summed E-state index contributed by atoms with van der Waals surface area (Å²) in [6, 6.07) is 0. The molecule has 0 aromatic carbocycles. The molecule has 3 nitrogen and oxygen atoms in total. The molecule has 0 N–H and O–H groups in total. The Hall–Kier alpha value is -0.160. The van der Waals surface area contributed by atoms with Crippen LogP contribution >= 0.6 is 0 Å². The van der Waals surface area contributed by atoms with Gasteiger partial charge in [-0.25, -0.2) is 0 Å². The van der Waals surface area contributed by atoms with E-state index < -0.39 is 10.1 Å². The van der Waals surface area contributed by atoms with E-state index >= 15 is 0 Å². The molecule has 0 unspecified atom stereocenters. The van der Waals surface area contributed by atoms with E-state index in [9.17, 15) is 12.8 Å². The first kappa shape index (κ1) is 22.8. The average Bonchev–Trinajstić information content (AvgIpc) is 2.52. The zero-order chi connectivity index (χ0) is 17.2. The molecule has 0 saturated heterocycles. The van der Waals surface area contributed by atoms with E-state index in [1.54, 1.807) is 0 Å². The van der Waals surface area contributed by atoms with E-state index in [1.807, 2.05) is 0 Å². The van der Waals surface area contributed by atoms with Crippen LogP contribution in [0.2, 0.25) is 0 Å². The fourth-order valence-corrected chi connectivity index (χ4v) is 3.61. The van der Waals surface area contributed by atoms with E-state index in [0.717, 1.165) is 32.1 Å². The standard InChI is InChI=1S/C18H37FO3S/c1-2-3-4-5-6-7-8-11-14-17-22-23(20,21)18-15-12-9-10-13-16-19/h2-18H2,1H3. The van der Waals surface area contributed by atoms with E-state index in [1.165, 1.54) is 44.9 Å². The predicted octanol–water partition coefficient (Wildman–Crippen LogP) is 5.78. The summed E-state index contributed by atoms with van der Waals surface area (Å²) < 4.78 is 40.3. The number of halogens is 1. The topological polar surface area (TPSA) is 43.4 Å². The van der Waals surface area contributed by atoms with Crippen molar-refractivity contribution in [2.24, 2.45) is 0 Å². The van der Waals surface area contributed by atoms with Crippen molar-refractivity contribution in [1.29, 1.82) is 0 Å². The van der Waals surface area contributed by atoms with E-state index in [2.05, 4.69) is 6.92 Å². The quantitative estimate of drug-likeness (QED) is 0.232. The molecule has 0 atom stereocenters. The van der Waals surface area contributed by atoms with Crippen molar-refractivity contribution in [3.05, 3.63) is 0 Å². The van der Waals surface area contributed by atoms with Crippen LogP contribution in [0.1, 0.15) is 96.8 Å². The highest BCUT2D eigenvalue weighted by Gasteiger charge is 2.10. The maximum Gasteiger partial charge on any atom is 0.267 e. The Bertz CT molecular complexity index is 331. The highest BCUT2D eigenvalue weighted by atomic mass is 32.2. The smallest absolute Gasteiger partial charge is 0.267 e. The minimum absolute atomic E-state index is 0.0973. The zero-order valence-electron chi connectivity index (χ0n) is 15.0. The van der Waals surface area contributed by atoms with Gasteiger partial charge in [-0.2, -0.15) is 8.42 Å². The van der Waals surface area contributed by atoms with Crippen LogP contribution in [0, 0.1) is 0 Å². The van der Waals surface area contributed by atoms with Crippen LogP contribution in [0.15, 0.2) is 0 Å². The van der Waals surface area contributed by atoms with Gasteiger partial charge in [0.15, 0.2) is 0 Å². The van der Waals surface area contributed by atoms with Crippen LogP contribution in [0.3, 0.4) is 0 Å². The van der Waals surface area contributed by atoms with Gasteiger partial charge in [-0.1, -0.05) is 77.6 Å². The first-order valence-corrected chi connectivity index (χ1v) is 11.1. The second-order valence-electron chi connectivity index (χ2n) is 6.37. The number of rotatable bonds is 18. The van der Waals surface area contributed by atoms with Gasteiger partial charge >= 0.3 is 0 Å². The predicted molar refractivity (Wildman–Crippen MR) is 96.0 cm³/mol. The number of unbranched alkanes of at least 4 members (excludes halogenated alkanes) is 12. The van der Waals surface area contributed by atoms with Gasteiger partial charge < -0.3 is 0 Å². The van der Waals surface area contributed by atoms with Gasteiger partial charge in [0.05, 0.1) is 19.0 Å². The molecule has 0 saturated carbocycles. The lowest BCUT2D eigenvalue weighted by Crippen LogP contribution is -2.11. The second-order valence-corrected chi connectivity index (χ2v) is 8.13. The molecule has 23 heavy (non-hydrogen) atoms. The third-order valence-electron chi connectivity index (χ3n) is 4.04. The molecule has 140 valence electrons. The van der Waals surface area contributed by atoms with Crippen molar-refractivity contribution in [2.75, 3.05) is 19.0 Å². The zero-order valence-corrected chi connectivity index (χ0v) is 15.8. The maximum atomic E-state index is 11.9. The molecule has 5 heteroatoms. The summed E-state index contributed by atoms with van der Waals surface area (Å²) in [5.74, 6) is 0.0973. The summed E-state index contributed by atoms with van der Waals surface area (Å²) in [5, 5.41) is 0. The van der Waals surface area contributed by atoms with Gasteiger partial charge in [0.25, 0.3) is 10.1 Å². The van der Waals surface area contributed by atoms with Crippen molar-refractivity contribution in [1.82, 2.24) is 0 Å². The van der Waals surface area contributed by atoms with Crippen molar-refractivity contribution in [3.63, 3.8) is 0 Å². The summed E-state index contributed by atoms with van der Waals surface area (Å²) in [6.45, 7) is 2.26. The van der Waals surface area contributed by atoms with Crippen molar-refractivity contribution in [2.45, 2.75) is 96.8 Å². The highest BCUT2D eigenvalue weighted by molar-refractivity contribution is 7.86. The van der Waals surface area contributed by atoms with Crippen LogP contribution in [0.4, 0.5) is 4.39 Å². The van der Waals surface area contributed by atoms with E-state index in [0.29, 0.717) is 19.4 Å². The normalized spacial score (nSPS) is 11.9. The van der Waals surface area contributed by atoms with Gasteiger partial charge in [0, 0.05) is 0 Å². The molecule has 0 aromatic rings. The van der Waals surface area contributed by atoms with Gasteiger partial charge in [0.1, 0.15) is 0 Å². The Balaban J connectivity index is 3.35. The van der Waals surface area contributed by atoms with Gasteiger partial charge in [0.2, 0.25) is 0 Å². The molecule has 0 rings (SSSR count). The Kier molecular flexibility index (Phi) is 16.6. The molecule has 0 radical (unpaired) electrons. The largest absolute Gasteiger partial charge is 0.270 e. The molecule has 0 amide bonds. The lowest BCUT2D eigenvalue weighted by atomic mass is 10.1. The fraction of sp³-hybridized carbons (Fsp3) is 1.00. The molecule has 0 aliphatic heterocycles. The Labute approximate surface area is 143 Å². The Morgan fingerprint density at radius 1 is 0.696 bits per heavy atom. The third-order valence-corrected chi connectivity index (χ3v) is 5.35. The van der Waals surface area contributed by atoms with Crippen LogP contribution in [-0.2, 0) is 14.3 Å². The average molecular weight is 353 g/mol. The molecule has 0 heterocycles. The monoisotopic (exact) mass is 352 g/mol. The summed E-state index contributed by atoms with van der Waals surface area (Å²) in [6.07, 6.45) is 14.6. The molecular formula is C18H37FO3S. The summed E-state index contributed by atoms with van der Waals surface area (Å²) in [7, 11) is -3.36. The molecule has 0 aliphatic carbocycles. The van der Waals surface area contributed by atoms with Crippen molar-refractivity contribution >= 4 is 10.1 Å². The lowest BCUT2D eigenvalue weighted by molar-refractivity contribution is 0.305. The minimum Gasteiger partial charge on any atom is -0.270 e. The molecular weight excluding hydrogens is 315 g/mol. The van der Waals surface area contributed by atoms with Crippen LogP contribution in [-0.4, -0.2) is 27.5 Å². The summed E-state index contributed by atoms with van der Waals surface area (Å²) in [4.78, 5) is 0. The third kappa shape index (κ3) is 18.0. The van der Waals surface area contributed by atoms with Gasteiger partial charge in [-0.05, 0) is 19.3 Å². The molecule has 0 aromatic heterocycles. The first-order valence-electron chi connectivity index (χ1n) is 9.55. The van der Waals surface area contributed by atoms with Gasteiger partial charge in [-0.3, -0.25) is 8.57 Å². The van der Waals surface area contributed by atoms with Crippen LogP contribution < -0.4 is 0 Å². The lowest BCUT2D eigenvalue weighted by Gasteiger charge is -2.06. The van der Waals surface area contributed by atoms with Crippen LogP contribution in [0.5, 0.6) is 0 Å². The molecule has 0 spiro atoms. The fourth-order valence-electron chi connectivity index (χ4n) is 2.56. The van der Waals surface area contributed by atoms with E-state index in [4.69, 9.17) is 4.18 Å².